The van der Waals surface area contributed by atoms with Crippen molar-refractivity contribution in [2.45, 2.75) is 85.0 Å². The molecule has 0 aliphatic rings. The average Bonchev–Trinajstić information content (AvgIpc) is 2.37. The van der Waals surface area contributed by atoms with Gasteiger partial charge in [0.2, 0.25) is 0 Å². The molecule has 110 valence electrons. The van der Waals surface area contributed by atoms with E-state index in [0.29, 0.717) is 0 Å². The van der Waals surface area contributed by atoms with Crippen LogP contribution in [-0.2, 0) is 0 Å². The van der Waals surface area contributed by atoms with Gasteiger partial charge in [0.05, 0.1) is 0 Å². The lowest BCUT2D eigenvalue weighted by Crippen LogP contribution is -2.39. The highest BCUT2D eigenvalue weighted by molar-refractivity contribution is 4.52. The van der Waals surface area contributed by atoms with E-state index in [9.17, 15) is 0 Å². The van der Waals surface area contributed by atoms with Crippen LogP contribution in [0, 0.1) is 0 Å². The lowest BCUT2D eigenvalue weighted by Gasteiger charge is -2.22. The van der Waals surface area contributed by atoms with Crippen LogP contribution in [0.3, 0.4) is 0 Å². The molecule has 1 N–H and O–H groups in total. The highest BCUT2D eigenvalue weighted by atomic mass is 15.5. The second-order valence-electron chi connectivity index (χ2n) is 5.37. The first-order valence-corrected chi connectivity index (χ1v) is 8.33. The summed E-state index contributed by atoms with van der Waals surface area (Å²) in [5.41, 5.74) is 3.57. The molecule has 0 aromatic carbocycles. The predicted octanol–water partition coefficient (Wildman–Crippen LogP) is 4.75. The van der Waals surface area contributed by atoms with Crippen LogP contribution in [0.4, 0.5) is 0 Å². The summed E-state index contributed by atoms with van der Waals surface area (Å²) in [5, 5.41) is 2.39. The van der Waals surface area contributed by atoms with E-state index in [-0.39, 0.29) is 0 Å². The second kappa shape index (κ2) is 15.0. The summed E-state index contributed by atoms with van der Waals surface area (Å²) in [6.07, 6.45) is 13.7. The van der Waals surface area contributed by atoms with Gasteiger partial charge in [-0.05, 0) is 19.3 Å². The van der Waals surface area contributed by atoms with Crippen molar-refractivity contribution in [2.24, 2.45) is 0 Å². The minimum Gasteiger partial charge on any atom is -0.255 e. The minimum absolute atomic E-state index is 1.16. The fourth-order valence-electron chi connectivity index (χ4n) is 2.31. The molecule has 0 saturated carbocycles. The first kappa shape index (κ1) is 17.9. The van der Waals surface area contributed by atoms with Gasteiger partial charge in [-0.1, -0.05) is 65.7 Å². The maximum absolute atomic E-state index is 3.57. The Labute approximate surface area is 115 Å². The van der Waals surface area contributed by atoms with E-state index in [1.807, 2.05) is 0 Å². The number of hydrogen-bond acceptors (Lipinski definition) is 2. The van der Waals surface area contributed by atoms with Crippen LogP contribution in [-0.4, -0.2) is 24.6 Å². The van der Waals surface area contributed by atoms with Gasteiger partial charge in [-0.3, -0.25) is 5.43 Å². The smallest absolute Gasteiger partial charge is 0.0128 e. The van der Waals surface area contributed by atoms with Crippen LogP contribution in [0.5, 0.6) is 0 Å². The topological polar surface area (TPSA) is 15.3 Å². The van der Waals surface area contributed by atoms with E-state index in [1.54, 1.807) is 0 Å². The Morgan fingerprint density at radius 1 is 0.611 bits per heavy atom. The number of hydrazine groups is 1. The molecule has 0 amide bonds. The van der Waals surface area contributed by atoms with Crippen LogP contribution >= 0.6 is 0 Å². The Bertz CT molecular complexity index is 142. The molecule has 0 bridgehead atoms. The number of nitrogens with one attached hydrogen (secondary N) is 1. The van der Waals surface area contributed by atoms with Gasteiger partial charge in [0.15, 0.2) is 0 Å². The summed E-state index contributed by atoms with van der Waals surface area (Å²) >= 11 is 0. The van der Waals surface area contributed by atoms with Crippen LogP contribution < -0.4 is 5.43 Å². The van der Waals surface area contributed by atoms with E-state index < -0.39 is 0 Å². The lowest BCUT2D eigenvalue weighted by atomic mass is 10.1. The van der Waals surface area contributed by atoms with E-state index in [2.05, 4.69) is 31.2 Å². The van der Waals surface area contributed by atoms with Gasteiger partial charge >= 0.3 is 0 Å². The van der Waals surface area contributed by atoms with Crippen molar-refractivity contribution in [1.29, 1.82) is 0 Å². The predicted molar refractivity (Wildman–Crippen MR) is 82.8 cm³/mol. The van der Waals surface area contributed by atoms with Crippen molar-refractivity contribution >= 4 is 0 Å². The highest BCUT2D eigenvalue weighted by Crippen LogP contribution is 2.07. The van der Waals surface area contributed by atoms with Crippen molar-refractivity contribution in [3.8, 4) is 0 Å². The summed E-state index contributed by atoms with van der Waals surface area (Å²) in [6, 6.07) is 0. The molecule has 0 saturated heterocycles. The Morgan fingerprint density at radius 3 is 1.61 bits per heavy atom. The molecule has 0 radical (unpaired) electrons. The Hall–Kier alpha value is -0.0800. The molecule has 0 heterocycles. The first-order valence-electron chi connectivity index (χ1n) is 8.33. The summed E-state index contributed by atoms with van der Waals surface area (Å²) < 4.78 is 0. The quantitative estimate of drug-likeness (QED) is 0.356. The molecule has 0 fully saturated rings. The lowest BCUT2D eigenvalue weighted by molar-refractivity contribution is 0.186. The number of nitrogens with zero attached hydrogens (tertiary/aromatic N) is 1. The molecule has 0 aromatic heterocycles. The van der Waals surface area contributed by atoms with Gasteiger partial charge in [-0.15, -0.1) is 0 Å². The van der Waals surface area contributed by atoms with Crippen LogP contribution in [0.15, 0.2) is 0 Å². The van der Waals surface area contributed by atoms with Gasteiger partial charge in [0.1, 0.15) is 0 Å². The molecule has 0 spiro atoms. The van der Waals surface area contributed by atoms with Crippen LogP contribution in [0.2, 0.25) is 0 Å². The number of unbranched alkanes of at least 4 members (excludes halogenated alkanes) is 7. The van der Waals surface area contributed by atoms with Crippen LogP contribution in [0.1, 0.15) is 85.0 Å². The zero-order valence-corrected chi connectivity index (χ0v) is 13.1. The fraction of sp³-hybridized carbons (Fsp3) is 1.00. The van der Waals surface area contributed by atoms with Gasteiger partial charge < -0.3 is 0 Å². The van der Waals surface area contributed by atoms with Gasteiger partial charge in [-0.2, -0.15) is 0 Å². The Morgan fingerprint density at radius 2 is 1.11 bits per heavy atom. The number of hydrogen-bond donors (Lipinski definition) is 1. The SMILES string of the molecule is CCCCCCCCCCNN(CCC)CCC. The monoisotopic (exact) mass is 256 g/mol. The van der Waals surface area contributed by atoms with E-state index >= 15 is 0 Å². The summed E-state index contributed by atoms with van der Waals surface area (Å²) in [6.45, 7) is 10.3. The molecule has 0 atom stereocenters. The van der Waals surface area contributed by atoms with Crippen molar-refractivity contribution in [1.82, 2.24) is 10.4 Å². The minimum atomic E-state index is 1.16. The zero-order chi connectivity index (χ0) is 13.5. The third-order valence-electron chi connectivity index (χ3n) is 3.35. The maximum Gasteiger partial charge on any atom is 0.0128 e. The third kappa shape index (κ3) is 12.4. The Kier molecular flexibility index (Phi) is 14.9. The van der Waals surface area contributed by atoms with E-state index in [0.717, 1.165) is 6.54 Å². The largest absolute Gasteiger partial charge is 0.255 e. The average molecular weight is 256 g/mol. The van der Waals surface area contributed by atoms with Crippen molar-refractivity contribution < 1.29 is 0 Å². The summed E-state index contributed by atoms with van der Waals surface area (Å²) in [7, 11) is 0. The molecule has 0 aliphatic heterocycles. The van der Waals surface area contributed by atoms with Crippen LogP contribution in [0.25, 0.3) is 0 Å². The Balaban J connectivity index is 3.21. The molecule has 2 heteroatoms. The second-order valence-corrected chi connectivity index (χ2v) is 5.37. The molecular formula is C16H36N2. The standard InChI is InChI=1S/C16H36N2/c1-4-7-8-9-10-11-12-13-14-17-18(15-5-2)16-6-3/h17H,4-16H2,1-3H3. The molecule has 2 nitrogen and oxygen atoms in total. The first-order chi connectivity index (χ1) is 8.85. The van der Waals surface area contributed by atoms with Gasteiger partial charge in [0.25, 0.3) is 0 Å². The van der Waals surface area contributed by atoms with E-state index in [1.165, 1.54) is 77.3 Å². The van der Waals surface area contributed by atoms with Crippen molar-refractivity contribution in [3.63, 3.8) is 0 Å². The third-order valence-corrected chi connectivity index (χ3v) is 3.35. The molecule has 0 aromatic rings. The molecule has 18 heavy (non-hydrogen) atoms. The highest BCUT2D eigenvalue weighted by Gasteiger charge is 2.00. The summed E-state index contributed by atoms with van der Waals surface area (Å²) in [4.78, 5) is 0. The number of rotatable bonds is 14. The van der Waals surface area contributed by atoms with Crippen molar-refractivity contribution in [2.75, 3.05) is 19.6 Å². The summed E-state index contributed by atoms with van der Waals surface area (Å²) in [5.74, 6) is 0. The normalized spacial score (nSPS) is 11.3. The molecular weight excluding hydrogens is 220 g/mol. The van der Waals surface area contributed by atoms with Gasteiger partial charge in [-0.25, -0.2) is 5.01 Å². The maximum atomic E-state index is 3.57. The molecule has 0 aliphatic carbocycles. The fourth-order valence-corrected chi connectivity index (χ4v) is 2.31. The molecule has 0 rings (SSSR count). The van der Waals surface area contributed by atoms with Crippen molar-refractivity contribution in [3.05, 3.63) is 0 Å². The molecule has 0 unspecified atom stereocenters. The zero-order valence-electron chi connectivity index (χ0n) is 13.1. The van der Waals surface area contributed by atoms with Gasteiger partial charge in [0, 0.05) is 19.6 Å². The van der Waals surface area contributed by atoms with E-state index in [4.69, 9.17) is 0 Å².